The van der Waals surface area contributed by atoms with Gasteiger partial charge in [0.15, 0.2) is 6.61 Å². The molecule has 0 saturated carbocycles. The lowest BCUT2D eigenvalue weighted by Gasteiger charge is -2.22. The zero-order valence-corrected chi connectivity index (χ0v) is 16.5. The van der Waals surface area contributed by atoms with E-state index in [0.717, 1.165) is 23.2 Å². The summed E-state index contributed by atoms with van der Waals surface area (Å²) in [6.07, 6.45) is 0.823. The Hall–Kier alpha value is -2.82. The van der Waals surface area contributed by atoms with Crippen molar-refractivity contribution in [3.05, 3.63) is 59.7 Å². The second kappa shape index (κ2) is 9.21. The van der Waals surface area contributed by atoms with Crippen LogP contribution in [0.2, 0.25) is 0 Å². The van der Waals surface area contributed by atoms with Crippen LogP contribution in [0.4, 0.5) is 5.69 Å². The molecule has 2 N–H and O–H groups in total. The fourth-order valence-corrected chi connectivity index (χ4v) is 2.73. The van der Waals surface area contributed by atoms with E-state index >= 15 is 0 Å². The van der Waals surface area contributed by atoms with Crippen molar-refractivity contribution in [2.24, 2.45) is 0 Å². The number of amides is 2. The summed E-state index contributed by atoms with van der Waals surface area (Å²) in [6, 6.07) is 15.3. The predicted octanol–water partition coefficient (Wildman–Crippen LogP) is 3.68. The average Bonchev–Trinajstić information content (AvgIpc) is 2.64. The molecule has 0 aromatic heterocycles. The first-order chi connectivity index (χ1) is 12.8. The molecule has 0 aliphatic rings. The summed E-state index contributed by atoms with van der Waals surface area (Å²) in [5.41, 5.74) is 2.78. The molecule has 0 atom stereocenters. The van der Waals surface area contributed by atoms with Crippen molar-refractivity contribution < 1.29 is 14.3 Å². The van der Waals surface area contributed by atoms with E-state index < -0.39 is 0 Å². The van der Waals surface area contributed by atoms with Crippen LogP contribution >= 0.6 is 0 Å². The van der Waals surface area contributed by atoms with Gasteiger partial charge in [0.25, 0.3) is 5.91 Å². The number of benzene rings is 2. The Balaban J connectivity index is 1.84. The van der Waals surface area contributed by atoms with Gasteiger partial charge >= 0.3 is 0 Å². The third-order valence-corrected chi connectivity index (χ3v) is 4.17. The highest BCUT2D eigenvalue weighted by molar-refractivity contribution is 5.95. The molecule has 2 amide bonds. The zero-order chi connectivity index (χ0) is 19.9. The highest BCUT2D eigenvalue weighted by Gasteiger charge is 2.19. The van der Waals surface area contributed by atoms with Crippen LogP contribution in [0.15, 0.2) is 48.5 Å². The number of anilines is 1. The van der Waals surface area contributed by atoms with Crippen LogP contribution in [-0.4, -0.2) is 25.0 Å². The first-order valence-corrected chi connectivity index (χ1v) is 9.18. The molecule has 0 spiro atoms. The topological polar surface area (TPSA) is 67.4 Å². The number of carbonyl (C=O) groups excluding carboxylic acids is 2. The molecule has 2 aromatic rings. The molecular formula is C22H28N2O3. The molecule has 0 bridgehead atoms. The molecule has 27 heavy (non-hydrogen) atoms. The van der Waals surface area contributed by atoms with Crippen LogP contribution < -0.4 is 15.4 Å². The van der Waals surface area contributed by atoms with Gasteiger partial charge in [-0.3, -0.25) is 9.59 Å². The van der Waals surface area contributed by atoms with Crippen molar-refractivity contribution in [1.29, 1.82) is 0 Å². The second-order valence-corrected chi connectivity index (χ2v) is 7.37. The molecule has 0 heterocycles. The van der Waals surface area contributed by atoms with E-state index in [1.807, 2.05) is 55.5 Å². The molecule has 144 valence electrons. The van der Waals surface area contributed by atoms with E-state index in [4.69, 9.17) is 4.74 Å². The fraction of sp³-hybridized carbons (Fsp3) is 0.364. The van der Waals surface area contributed by atoms with E-state index in [0.29, 0.717) is 5.75 Å². The van der Waals surface area contributed by atoms with Gasteiger partial charge in [0, 0.05) is 5.69 Å². The van der Waals surface area contributed by atoms with Gasteiger partial charge in [0.1, 0.15) is 5.75 Å². The number of carbonyl (C=O) groups is 2. The molecule has 0 aliphatic carbocycles. The third-order valence-electron chi connectivity index (χ3n) is 4.17. The minimum atomic E-state index is -0.336. The Morgan fingerprint density at radius 1 is 0.963 bits per heavy atom. The first kappa shape index (κ1) is 20.5. The molecule has 5 heteroatoms. The van der Waals surface area contributed by atoms with Gasteiger partial charge in [0.2, 0.25) is 5.91 Å². The summed E-state index contributed by atoms with van der Waals surface area (Å²) in [5.74, 6) is 0.0819. The van der Waals surface area contributed by atoms with Crippen LogP contribution in [0, 0.1) is 0 Å². The van der Waals surface area contributed by atoms with Crippen molar-refractivity contribution in [3.8, 4) is 5.75 Å². The maximum Gasteiger partial charge on any atom is 0.258 e. The Kier molecular flexibility index (Phi) is 6.99. The summed E-state index contributed by atoms with van der Waals surface area (Å²) < 4.78 is 5.67. The van der Waals surface area contributed by atoms with Crippen LogP contribution in [0.5, 0.6) is 5.75 Å². The number of ether oxygens (including phenoxy) is 1. The SMILES string of the molecule is CCc1ccccc1NC(=O)CNC(=O)COc1ccccc1C(C)(C)C. The van der Waals surface area contributed by atoms with Gasteiger partial charge in [-0.25, -0.2) is 0 Å². The Morgan fingerprint density at radius 2 is 1.63 bits per heavy atom. The van der Waals surface area contributed by atoms with Crippen molar-refractivity contribution in [2.45, 2.75) is 39.5 Å². The lowest BCUT2D eigenvalue weighted by molar-refractivity contribution is -0.125. The van der Waals surface area contributed by atoms with Crippen molar-refractivity contribution >= 4 is 17.5 Å². The van der Waals surface area contributed by atoms with Gasteiger partial charge in [0.05, 0.1) is 6.54 Å². The normalized spacial score (nSPS) is 11.0. The number of aryl methyl sites for hydroxylation is 1. The van der Waals surface area contributed by atoms with E-state index in [2.05, 4.69) is 31.4 Å². The lowest BCUT2D eigenvalue weighted by Crippen LogP contribution is -2.36. The van der Waals surface area contributed by atoms with Crippen molar-refractivity contribution in [3.63, 3.8) is 0 Å². The largest absolute Gasteiger partial charge is 0.483 e. The van der Waals surface area contributed by atoms with Crippen LogP contribution in [0.3, 0.4) is 0 Å². The average molecular weight is 368 g/mol. The van der Waals surface area contributed by atoms with Crippen LogP contribution in [0.1, 0.15) is 38.8 Å². The van der Waals surface area contributed by atoms with Crippen molar-refractivity contribution in [2.75, 3.05) is 18.5 Å². The van der Waals surface area contributed by atoms with Gasteiger partial charge < -0.3 is 15.4 Å². The highest BCUT2D eigenvalue weighted by atomic mass is 16.5. The van der Waals surface area contributed by atoms with E-state index in [-0.39, 0.29) is 30.4 Å². The van der Waals surface area contributed by atoms with Crippen LogP contribution in [-0.2, 0) is 21.4 Å². The molecular weight excluding hydrogens is 340 g/mol. The number of hydrogen-bond acceptors (Lipinski definition) is 3. The second-order valence-electron chi connectivity index (χ2n) is 7.37. The summed E-state index contributed by atoms with van der Waals surface area (Å²) >= 11 is 0. The van der Waals surface area contributed by atoms with E-state index in [1.54, 1.807) is 0 Å². The monoisotopic (exact) mass is 368 g/mol. The maximum absolute atomic E-state index is 12.1. The summed E-state index contributed by atoms with van der Waals surface area (Å²) in [4.78, 5) is 24.1. The molecule has 0 fully saturated rings. The molecule has 0 unspecified atom stereocenters. The number of hydrogen-bond donors (Lipinski definition) is 2. The standard InChI is InChI=1S/C22H28N2O3/c1-5-16-10-6-8-12-18(16)24-20(25)14-23-21(26)15-27-19-13-9-7-11-17(19)22(2,3)4/h6-13H,5,14-15H2,1-4H3,(H,23,26)(H,24,25). The highest BCUT2D eigenvalue weighted by Crippen LogP contribution is 2.30. The maximum atomic E-state index is 12.1. The zero-order valence-electron chi connectivity index (χ0n) is 16.5. The molecule has 2 rings (SSSR count). The van der Waals surface area contributed by atoms with Crippen LogP contribution in [0.25, 0.3) is 0 Å². The molecule has 0 saturated heterocycles. The van der Waals surface area contributed by atoms with E-state index in [1.165, 1.54) is 0 Å². The Labute approximate surface area is 161 Å². The molecule has 0 radical (unpaired) electrons. The fourth-order valence-electron chi connectivity index (χ4n) is 2.73. The quantitative estimate of drug-likeness (QED) is 0.783. The minimum absolute atomic E-state index is 0.0837. The number of rotatable bonds is 7. The smallest absolute Gasteiger partial charge is 0.258 e. The molecule has 0 aliphatic heterocycles. The summed E-state index contributed by atoms with van der Waals surface area (Å²) in [7, 11) is 0. The number of para-hydroxylation sites is 2. The Bertz CT molecular complexity index is 794. The third kappa shape index (κ3) is 6.13. The molecule has 5 nitrogen and oxygen atoms in total. The molecule has 2 aromatic carbocycles. The van der Waals surface area contributed by atoms with Crippen molar-refractivity contribution in [1.82, 2.24) is 5.32 Å². The lowest BCUT2D eigenvalue weighted by atomic mass is 9.86. The summed E-state index contributed by atoms with van der Waals surface area (Å²) in [6.45, 7) is 8.07. The van der Waals surface area contributed by atoms with Gasteiger partial charge in [-0.2, -0.15) is 0 Å². The van der Waals surface area contributed by atoms with Gasteiger partial charge in [-0.15, -0.1) is 0 Å². The minimum Gasteiger partial charge on any atom is -0.483 e. The van der Waals surface area contributed by atoms with E-state index in [9.17, 15) is 9.59 Å². The Morgan fingerprint density at radius 3 is 2.33 bits per heavy atom. The predicted molar refractivity (Wildman–Crippen MR) is 108 cm³/mol. The van der Waals surface area contributed by atoms with Gasteiger partial charge in [-0.1, -0.05) is 64.1 Å². The van der Waals surface area contributed by atoms with Gasteiger partial charge in [-0.05, 0) is 35.1 Å². The first-order valence-electron chi connectivity index (χ1n) is 9.18. The summed E-state index contributed by atoms with van der Waals surface area (Å²) in [5, 5.41) is 5.42. The number of nitrogens with one attached hydrogen (secondary N) is 2.